The highest BCUT2D eigenvalue weighted by Crippen LogP contribution is 2.36. The number of fused-ring (bicyclic) bond motifs is 1. The van der Waals surface area contributed by atoms with Gasteiger partial charge in [-0.1, -0.05) is 28.1 Å². The summed E-state index contributed by atoms with van der Waals surface area (Å²) < 4.78 is 0.962. The number of nitrogens with zero attached hydrogens (tertiary/aromatic N) is 1. The molecule has 6 heteroatoms. The molecule has 1 amide bonds. The minimum absolute atomic E-state index is 0.0507. The molecule has 0 saturated heterocycles. The lowest BCUT2D eigenvalue weighted by Crippen LogP contribution is -2.24. The predicted molar refractivity (Wildman–Crippen MR) is 96.7 cm³/mol. The van der Waals surface area contributed by atoms with Crippen molar-refractivity contribution in [2.75, 3.05) is 13.2 Å². The third-order valence-electron chi connectivity index (χ3n) is 4.12. The summed E-state index contributed by atoms with van der Waals surface area (Å²) >= 11 is 3.50. The van der Waals surface area contributed by atoms with E-state index in [1.807, 2.05) is 37.3 Å². The number of amides is 1. The van der Waals surface area contributed by atoms with Gasteiger partial charge in [0.25, 0.3) is 5.91 Å². The number of carbonyl (C=O) groups excluding carboxylic acids is 1. The van der Waals surface area contributed by atoms with Gasteiger partial charge in [-0.25, -0.2) is 4.98 Å². The maximum atomic E-state index is 12.3. The van der Waals surface area contributed by atoms with Gasteiger partial charge in [0, 0.05) is 35.8 Å². The Labute approximate surface area is 149 Å². The third-order valence-corrected chi connectivity index (χ3v) is 4.61. The van der Waals surface area contributed by atoms with Gasteiger partial charge in [-0.3, -0.25) is 4.79 Å². The maximum absolute atomic E-state index is 12.3. The van der Waals surface area contributed by atoms with Crippen molar-refractivity contribution in [1.29, 1.82) is 0 Å². The molecule has 0 spiro atoms. The molecule has 126 valence electrons. The van der Waals surface area contributed by atoms with Crippen molar-refractivity contribution in [2.45, 2.75) is 25.9 Å². The average molecular weight is 390 g/mol. The van der Waals surface area contributed by atoms with Gasteiger partial charge in [-0.05, 0) is 42.7 Å². The number of carbonyl (C=O) groups is 1. The molecule has 5 nitrogen and oxygen atoms in total. The van der Waals surface area contributed by atoms with Crippen LogP contribution in [0.5, 0.6) is 0 Å². The van der Waals surface area contributed by atoms with E-state index in [1.54, 1.807) is 0 Å². The van der Waals surface area contributed by atoms with Crippen molar-refractivity contribution in [2.24, 2.45) is 0 Å². The third kappa shape index (κ3) is 3.36. The number of hydrogen-bond acceptors (Lipinski definition) is 4. The summed E-state index contributed by atoms with van der Waals surface area (Å²) in [5.41, 5.74) is 4.34. The molecule has 2 aromatic rings. The molecule has 0 aliphatic carbocycles. The fraction of sp³-hybridized carbons (Fsp3) is 0.333. The first-order valence-electron chi connectivity index (χ1n) is 8.06. The number of hydrogen-bond donors (Lipinski definition) is 3. The molecule has 0 fully saturated rings. The van der Waals surface area contributed by atoms with Gasteiger partial charge in [0.15, 0.2) is 0 Å². The molecular weight excluding hydrogens is 370 g/mol. The molecule has 1 atom stereocenters. The van der Waals surface area contributed by atoms with Crippen molar-refractivity contribution < 1.29 is 9.90 Å². The Bertz CT molecular complexity index is 764. The zero-order chi connectivity index (χ0) is 17.1. The Kier molecular flexibility index (Phi) is 5.28. The number of rotatable bonds is 5. The molecule has 0 unspecified atom stereocenters. The number of aromatic nitrogens is 1. The monoisotopic (exact) mass is 389 g/mol. The van der Waals surface area contributed by atoms with E-state index in [4.69, 9.17) is 0 Å². The average Bonchev–Trinajstić information content (AvgIpc) is 2.98. The molecule has 1 aromatic carbocycles. The molecule has 0 bridgehead atoms. The van der Waals surface area contributed by atoms with E-state index in [-0.39, 0.29) is 18.6 Å². The van der Waals surface area contributed by atoms with Crippen LogP contribution >= 0.6 is 15.9 Å². The fourth-order valence-corrected chi connectivity index (χ4v) is 3.48. The second kappa shape index (κ2) is 7.42. The van der Waals surface area contributed by atoms with Gasteiger partial charge >= 0.3 is 0 Å². The van der Waals surface area contributed by atoms with Gasteiger partial charge in [0.2, 0.25) is 0 Å². The molecule has 24 heavy (non-hydrogen) atoms. The molecule has 2 heterocycles. The van der Waals surface area contributed by atoms with E-state index in [0.29, 0.717) is 25.2 Å². The van der Waals surface area contributed by atoms with Crippen LogP contribution in [0.15, 0.2) is 34.8 Å². The maximum Gasteiger partial charge on any atom is 0.269 e. The van der Waals surface area contributed by atoms with E-state index in [0.717, 1.165) is 26.9 Å². The summed E-state index contributed by atoms with van der Waals surface area (Å²) in [6.07, 6.45) is 0.621. The first kappa shape index (κ1) is 17.1. The number of halogens is 1. The highest BCUT2D eigenvalue weighted by molar-refractivity contribution is 9.10. The van der Waals surface area contributed by atoms with E-state index >= 15 is 0 Å². The number of nitrogens with one attached hydrogen (secondary N) is 2. The summed E-state index contributed by atoms with van der Waals surface area (Å²) in [6, 6.07) is 9.81. The van der Waals surface area contributed by atoms with Crippen molar-refractivity contribution in [3.63, 3.8) is 0 Å². The first-order chi connectivity index (χ1) is 11.6. The summed E-state index contributed by atoms with van der Waals surface area (Å²) in [4.78, 5) is 16.9. The lowest BCUT2D eigenvalue weighted by atomic mass is 9.96. The van der Waals surface area contributed by atoms with Crippen molar-refractivity contribution in [3.05, 3.63) is 51.6 Å². The molecule has 0 saturated carbocycles. The summed E-state index contributed by atoms with van der Waals surface area (Å²) in [7, 11) is 0. The Morgan fingerprint density at radius 3 is 3.00 bits per heavy atom. The molecule has 0 radical (unpaired) electrons. The molecule has 3 rings (SSSR count). The van der Waals surface area contributed by atoms with Crippen LogP contribution in [-0.4, -0.2) is 29.1 Å². The molecule has 1 aliphatic heterocycles. The summed E-state index contributed by atoms with van der Waals surface area (Å²) in [5.74, 6) is -0.165. The van der Waals surface area contributed by atoms with Gasteiger partial charge in [-0.2, -0.15) is 0 Å². The zero-order valence-electron chi connectivity index (χ0n) is 13.5. The lowest BCUT2D eigenvalue weighted by Gasteiger charge is -2.16. The Morgan fingerprint density at radius 2 is 2.29 bits per heavy atom. The van der Waals surface area contributed by atoms with Crippen LogP contribution in [0.2, 0.25) is 0 Å². The standard InChI is InChI=1S/C18H20BrN3O2/c1-2-20-18(24)15-9-12-10-21-14(6-7-23)16(12)17(22-15)11-4-3-5-13(19)8-11/h3-5,8-9,14,21,23H,2,6-7,10H2,1H3,(H,20,24)/t14-/m1/s1. The lowest BCUT2D eigenvalue weighted by molar-refractivity contribution is 0.0951. The molecule has 3 N–H and O–H groups in total. The van der Waals surface area contributed by atoms with E-state index in [9.17, 15) is 9.90 Å². The van der Waals surface area contributed by atoms with E-state index in [1.165, 1.54) is 0 Å². The summed E-state index contributed by atoms with van der Waals surface area (Å²) in [5, 5.41) is 15.5. The van der Waals surface area contributed by atoms with Gasteiger partial charge in [0.05, 0.1) is 5.69 Å². The molecule has 1 aliphatic rings. The van der Waals surface area contributed by atoms with Crippen molar-refractivity contribution in [3.8, 4) is 11.3 Å². The Hall–Kier alpha value is -1.76. The van der Waals surface area contributed by atoms with Crippen LogP contribution in [0.25, 0.3) is 11.3 Å². The van der Waals surface area contributed by atoms with Gasteiger partial charge in [0.1, 0.15) is 5.69 Å². The number of aliphatic hydroxyl groups is 1. The Balaban J connectivity index is 2.15. The first-order valence-corrected chi connectivity index (χ1v) is 8.85. The largest absolute Gasteiger partial charge is 0.396 e. The quantitative estimate of drug-likeness (QED) is 0.734. The number of aliphatic hydroxyl groups excluding tert-OH is 1. The number of benzene rings is 1. The highest BCUT2D eigenvalue weighted by atomic mass is 79.9. The van der Waals surface area contributed by atoms with Crippen LogP contribution in [0, 0.1) is 0 Å². The number of pyridine rings is 1. The zero-order valence-corrected chi connectivity index (χ0v) is 15.1. The normalized spacial score (nSPS) is 16.0. The molecular formula is C18H20BrN3O2. The van der Waals surface area contributed by atoms with Crippen LogP contribution in [0.1, 0.15) is 41.0 Å². The summed E-state index contributed by atoms with van der Waals surface area (Å²) in [6.45, 7) is 3.23. The topological polar surface area (TPSA) is 74.2 Å². The minimum Gasteiger partial charge on any atom is -0.396 e. The predicted octanol–water partition coefficient (Wildman–Crippen LogP) is 2.79. The van der Waals surface area contributed by atoms with Crippen molar-refractivity contribution >= 4 is 21.8 Å². The minimum atomic E-state index is -0.165. The van der Waals surface area contributed by atoms with Gasteiger partial charge < -0.3 is 15.7 Å². The van der Waals surface area contributed by atoms with Crippen molar-refractivity contribution in [1.82, 2.24) is 15.6 Å². The second-order valence-electron chi connectivity index (χ2n) is 5.74. The van der Waals surface area contributed by atoms with Crippen LogP contribution in [0.3, 0.4) is 0 Å². The van der Waals surface area contributed by atoms with E-state index in [2.05, 4.69) is 31.5 Å². The highest BCUT2D eigenvalue weighted by Gasteiger charge is 2.28. The smallest absolute Gasteiger partial charge is 0.269 e. The van der Waals surface area contributed by atoms with Gasteiger partial charge in [-0.15, -0.1) is 0 Å². The van der Waals surface area contributed by atoms with Crippen LogP contribution < -0.4 is 10.6 Å². The second-order valence-corrected chi connectivity index (χ2v) is 6.66. The van der Waals surface area contributed by atoms with Crippen LogP contribution in [0.4, 0.5) is 0 Å². The Morgan fingerprint density at radius 1 is 1.46 bits per heavy atom. The van der Waals surface area contributed by atoms with Crippen LogP contribution in [-0.2, 0) is 6.54 Å². The SMILES string of the molecule is CCNC(=O)c1cc2c(c(-c3cccc(Br)c3)n1)[C@@H](CCO)NC2. The van der Waals surface area contributed by atoms with E-state index < -0.39 is 0 Å². The fourth-order valence-electron chi connectivity index (χ4n) is 3.08. The molecule has 1 aromatic heterocycles.